The number of aliphatic hydroxyl groups excluding tert-OH is 1. The van der Waals surface area contributed by atoms with Crippen LogP contribution in [0.5, 0.6) is 0 Å². The highest BCUT2D eigenvalue weighted by atomic mass is 16.3. The molecule has 0 aromatic rings. The lowest BCUT2D eigenvalue weighted by molar-refractivity contribution is 0.0237. The zero-order valence-corrected chi connectivity index (χ0v) is 11.3. The largest absolute Gasteiger partial charge is 0.392 e. The Labute approximate surface area is 105 Å². The second-order valence-electron chi connectivity index (χ2n) is 5.81. The molecule has 100 valence electrons. The Bertz CT molecular complexity index is 221. The van der Waals surface area contributed by atoms with Crippen molar-refractivity contribution in [2.24, 2.45) is 5.92 Å². The van der Waals surface area contributed by atoms with E-state index in [1.807, 2.05) is 0 Å². The summed E-state index contributed by atoms with van der Waals surface area (Å²) in [7, 11) is 4.34. The first-order valence-corrected chi connectivity index (χ1v) is 6.92. The normalized spacial score (nSPS) is 28.4. The van der Waals surface area contributed by atoms with Crippen molar-refractivity contribution in [3.8, 4) is 0 Å². The average Bonchev–Trinajstić information content (AvgIpc) is 2.33. The van der Waals surface area contributed by atoms with Crippen molar-refractivity contribution in [3.63, 3.8) is 0 Å². The summed E-state index contributed by atoms with van der Waals surface area (Å²) >= 11 is 0. The number of hydrogen-bond donors (Lipinski definition) is 1. The predicted octanol–water partition coefficient (Wildman–Crippen LogP) is -0.0635. The van der Waals surface area contributed by atoms with Gasteiger partial charge in [0.05, 0.1) is 6.10 Å². The monoisotopic (exact) mass is 241 g/mol. The third-order valence-corrected chi connectivity index (χ3v) is 4.35. The first-order valence-electron chi connectivity index (χ1n) is 6.92. The van der Waals surface area contributed by atoms with E-state index < -0.39 is 0 Å². The lowest BCUT2D eigenvalue weighted by atomic mass is 9.91. The maximum atomic E-state index is 10.3. The van der Waals surface area contributed by atoms with Crippen molar-refractivity contribution in [1.82, 2.24) is 14.7 Å². The minimum absolute atomic E-state index is 0.118. The summed E-state index contributed by atoms with van der Waals surface area (Å²) in [5.41, 5.74) is 0. The Kier molecular flexibility index (Phi) is 4.79. The Morgan fingerprint density at radius 3 is 2.06 bits per heavy atom. The quantitative estimate of drug-likeness (QED) is 0.749. The molecule has 17 heavy (non-hydrogen) atoms. The van der Waals surface area contributed by atoms with Crippen LogP contribution in [0.3, 0.4) is 0 Å². The van der Waals surface area contributed by atoms with E-state index in [0.29, 0.717) is 5.92 Å². The van der Waals surface area contributed by atoms with E-state index in [-0.39, 0.29) is 6.10 Å². The number of aliphatic hydroxyl groups is 1. The van der Waals surface area contributed by atoms with Crippen LogP contribution >= 0.6 is 0 Å². The van der Waals surface area contributed by atoms with Crippen LogP contribution in [-0.4, -0.2) is 85.8 Å². The van der Waals surface area contributed by atoms with Gasteiger partial charge in [-0.1, -0.05) is 0 Å². The van der Waals surface area contributed by atoms with E-state index in [9.17, 15) is 5.11 Å². The van der Waals surface area contributed by atoms with Gasteiger partial charge in [-0.05, 0) is 45.9 Å². The molecule has 0 aliphatic carbocycles. The summed E-state index contributed by atoms with van der Waals surface area (Å²) in [5, 5.41) is 10.3. The molecule has 1 N–H and O–H groups in total. The van der Waals surface area contributed by atoms with Crippen molar-refractivity contribution < 1.29 is 5.11 Å². The number of likely N-dealkylation sites (tertiary alicyclic amines) is 1. The Hall–Kier alpha value is -0.160. The standard InChI is InChI=1S/C13H27N3O/c1-14-5-3-12(4-6-14)13(17)11-16-9-7-15(2)8-10-16/h12-13,17H,3-11H2,1-2H3. The second kappa shape index (κ2) is 6.14. The molecule has 0 spiro atoms. The summed E-state index contributed by atoms with van der Waals surface area (Å²) in [4.78, 5) is 7.14. The number of nitrogens with zero attached hydrogens (tertiary/aromatic N) is 3. The van der Waals surface area contributed by atoms with E-state index in [2.05, 4.69) is 28.8 Å². The van der Waals surface area contributed by atoms with Crippen LogP contribution < -0.4 is 0 Å². The summed E-state index contributed by atoms with van der Waals surface area (Å²) in [6.45, 7) is 7.66. The molecular weight excluding hydrogens is 214 g/mol. The maximum absolute atomic E-state index is 10.3. The van der Waals surface area contributed by atoms with Gasteiger partial charge >= 0.3 is 0 Å². The fourth-order valence-corrected chi connectivity index (χ4v) is 2.86. The minimum atomic E-state index is -0.118. The van der Waals surface area contributed by atoms with Crippen molar-refractivity contribution >= 4 is 0 Å². The van der Waals surface area contributed by atoms with E-state index in [1.165, 1.54) is 0 Å². The number of piperidine rings is 1. The third kappa shape index (κ3) is 3.91. The summed E-state index contributed by atoms with van der Waals surface area (Å²) in [6, 6.07) is 0. The molecular formula is C13H27N3O. The van der Waals surface area contributed by atoms with Crippen LogP contribution in [-0.2, 0) is 0 Å². The smallest absolute Gasteiger partial charge is 0.0696 e. The minimum Gasteiger partial charge on any atom is -0.392 e. The molecule has 4 heteroatoms. The molecule has 2 heterocycles. The highest BCUT2D eigenvalue weighted by molar-refractivity contribution is 4.80. The highest BCUT2D eigenvalue weighted by Gasteiger charge is 2.26. The number of piperazine rings is 1. The number of β-amino-alcohol motifs (C(OH)–C–C–N with tert-alkyl or cyclic N) is 1. The Morgan fingerprint density at radius 1 is 0.941 bits per heavy atom. The Balaban J connectivity index is 1.71. The fraction of sp³-hybridized carbons (Fsp3) is 1.00. The molecule has 0 saturated carbocycles. The molecule has 0 aromatic carbocycles. The summed E-state index contributed by atoms with van der Waals surface area (Å²) in [5.74, 6) is 0.519. The zero-order valence-electron chi connectivity index (χ0n) is 11.3. The first-order chi connectivity index (χ1) is 8.15. The van der Waals surface area contributed by atoms with Gasteiger partial charge in [0.2, 0.25) is 0 Å². The maximum Gasteiger partial charge on any atom is 0.0696 e. The van der Waals surface area contributed by atoms with Gasteiger partial charge < -0.3 is 14.9 Å². The van der Waals surface area contributed by atoms with Crippen LogP contribution in [0, 0.1) is 5.92 Å². The molecule has 2 saturated heterocycles. The molecule has 2 aliphatic rings. The summed E-state index contributed by atoms with van der Waals surface area (Å²) in [6.07, 6.45) is 2.20. The van der Waals surface area contributed by atoms with E-state index in [1.54, 1.807) is 0 Å². The topological polar surface area (TPSA) is 30.0 Å². The average molecular weight is 241 g/mol. The van der Waals surface area contributed by atoms with Gasteiger partial charge in [0.25, 0.3) is 0 Å². The zero-order chi connectivity index (χ0) is 12.3. The molecule has 0 aromatic heterocycles. The predicted molar refractivity (Wildman–Crippen MR) is 70.2 cm³/mol. The van der Waals surface area contributed by atoms with Crippen LogP contribution in [0.4, 0.5) is 0 Å². The molecule has 0 radical (unpaired) electrons. The van der Waals surface area contributed by atoms with E-state index in [0.717, 1.165) is 58.7 Å². The number of hydrogen-bond acceptors (Lipinski definition) is 4. The van der Waals surface area contributed by atoms with Crippen LogP contribution in [0.2, 0.25) is 0 Å². The molecule has 2 aliphatic heterocycles. The van der Waals surface area contributed by atoms with E-state index in [4.69, 9.17) is 0 Å². The van der Waals surface area contributed by atoms with E-state index >= 15 is 0 Å². The number of likely N-dealkylation sites (N-methyl/N-ethyl adjacent to an activating group) is 1. The van der Waals surface area contributed by atoms with Crippen molar-refractivity contribution in [2.75, 3.05) is 59.9 Å². The lowest BCUT2D eigenvalue weighted by Gasteiger charge is -2.37. The van der Waals surface area contributed by atoms with Crippen molar-refractivity contribution in [3.05, 3.63) is 0 Å². The second-order valence-corrected chi connectivity index (χ2v) is 5.81. The van der Waals surface area contributed by atoms with Gasteiger partial charge in [-0.15, -0.1) is 0 Å². The van der Waals surface area contributed by atoms with Crippen molar-refractivity contribution in [1.29, 1.82) is 0 Å². The first kappa shape index (κ1) is 13.3. The SMILES string of the molecule is CN1CCC(C(O)CN2CCN(C)CC2)CC1. The van der Waals surface area contributed by atoms with Gasteiger partial charge in [0.1, 0.15) is 0 Å². The van der Waals surface area contributed by atoms with Gasteiger partial charge in [0.15, 0.2) is 0 Å². The van der Waals surface area contributed by atoms with Crippen LogP contribution in [0.25, 0.3) is 0 Å². The van der Waals surface area contributed by atoms with Gasteiger partial charge in [-0.2, -0.15) is 0 Å². The van der Waals surface area contributed by atoms with Crippen molar-refractivity contribution in [2.45, 2.75) is 18.9 Å². The van der Waals surface area contributed by atoms with Crippen LogP contribution in [0.15, 0.2) is 0 Å². The molecule has 0 amide bonds. The Morgan fingerprint density at radius 2 is 1.47 bits per heavy atom. The van der Waals surface area contributed by atoms with Gasteiger partial charge in [0, 0.05) is 32.7 Å². The highest BCUT2D eigenvalue weighted by Crippen LogP contribution is 2.20. The van der Waals surface area contributed by atoms with Gasteiger partial charge in [-0.3, -0.25) is 4.90 Å². The molecule has 2 rings (SSSR count). The lowest BCUT2D eigenvalue weighted by Crippen LogP contribution is -2.49. The van der Waals surface area contributed by atoms with Gasteiger partial charge in [-0.25, -0.2) is 0 Å². The third-order valence-electron chi connectivity index (χ3n) is 4.35. The molecule has 4 nitrogen and oxygen atoms in total. The number of rotatable bonds is 3. The molecule has 0 bridgehead atoms. The molecule has 1 unspecified atom stereocenters. The summed E-state index contributed by atoms with van der Waals surface area (Å²) < 4.78 is 0. The molecule has 2 fully saturated rings. The van der Waals surface area contributed by atoms with Crippen LogP contribution in [0.1, 0.15) is 12.8 Å². The molecule has 1 atom stereocenters. The fourth-order valence-electron chi connectivity index (χ4n) is 2.86.